The van der Waals surface area contributed by atoms with Crippen molar-refractivity contribution < 1.29 is 23.0 Å². The first-order chi connectivity index (χ1) is 12.9. The molecule has 1 atom stereocenters. The van der Waals surface area contributed by atoms with Crippen molar-refractivity contribution in [1.29, 1.82) is 0 Å². The topological polar surface area (TPSA) is 99.5 Å². The van der Waals surface area contributed by atoms with E-state index in [4.69, 9.17) is 5.11 Å². The largest absolute Gasteiger partial charge is 0.393 e. The number of aliphatic hydroxyl groups excluding tert-OH is 2. The summed E-state index contributed by atoms with van der Waals surface area (Å²) in [6.07, 6.45) is -1.06. The molecule has 8 heteroatoms. The number of benzene rings is 2. The number of pyridine rings is 1. The van der Waals surface area contributed by atoms with E-state index in [9.17, 15) is 17.9 Å². The van der Waals surface area contributed by atoms with E-state index in [2.05, 4.69) is 9.71 Å². The van der Waals surface area contributed by atoms with Gasteiger partial charge in [0.15, 0.2) is 0 Å². The third kappa shape index (κ3) is 4.48. The highest BCUT2D eigenvalue weighted by molar-refractivity contribution is 7.92. The second kappa shape index (κ2) is 7.83. The monoisotopic (exact) mass is 388 g/mol. The van der Waals surface area contributed by atoms with Crippen LogP contribution in [0, 0.1) is 5.82 Å². The Kier molecular flexibility index (Phi) is 5.50. The van der Waals surface area contributed by atoms with Gasteiger partial charge in [-0.2, -0.15) is 0 Å². The molecule has 1 aromatic heterocycles. The van der Waals surface area contributed by atoms with Gasteiger partial charge >= 0.3 is 0 Å². The quantitative estimate of drug-likeness (QED) is 0.603. The highest BCUT2D eigenvalue weighted by Crippen LogP contribution is 2.23. The van der Waals surface area contributed by atoms with E-state index in [0.717, 1.165) is 12.1 Å². The minimum atomic E-state index is -3.82. The maximum absolute atomic E-state index is 13.0. The molecule has 0 unspecified atom stereocenters. The van der Waals surface area contributed by atoms with Gasteiger partial charge < -0.3 is 10.2 Å². The van der Waals surface area contributed by atoms with E-state index in [1.54, 1.807) is 42.5 Å². The van der Waals surface area contributed by atoms with Crippen molar-refractivity contribution in [2.45, 2.75) is 11.0 Å². The standard InChI is InChI=1S/C19H17FN2O4S/c20-14-6-10-16(11-7-14)27(25,26)22-15-8-4-13(5-9-15)17-2-1-3-18(21-17)19(24)12-23/h1-11,19,22-24H,12H2/t19-/m1/s1. The summed E-state index contributed by atoms with van der Waals surface area (Å²) >= 11 is 0. The van der Waals surface area contributed by atoms with Crippen LogP contribution in [-0.4, -0.2) is 30.2 Å². The minimum absolute atomic E-state index is 0.0414. The number of anilines is 1. The van der Waals surface area contributed by atoms with E-state index in [0.29, 0.717) is 22.6 Å². The number of hydrogen-bond donors (Lipinski definition) is 3. The van der Waals surface area contributed by atoms with Crippen molar-refractivity contribution in [3.63, 3.8) is 0 Å². The molecule has 0 radical (unpaired) electrons. The van der Waals surface area contributed by atoms with Crippen LogP contribution in [0.15, 0.2) is 71.6 Å². The Morgan fingerprint density at radius 2 is 1.67 bits per heavy atom. The van der Waals surface area contributed by atoms with Crippen molar-refractivity contribution in [2.24, 2.45) is 0 Å². The van der Waals surface area contributed by atoms with Crippen LogP contribution in [0.4, 0.5) is 10.1 Å². The fourth-order valence-electron chi connectivity index (χ4n) is 2.43. The number of rotatable bonds is 6. The van der Waals surface area contributed by atoms with Crippen LogP contribution in [0.5, 0.6) is 0 Å². The molecule has 3 rings (SSSR count). The summed E-state index contributed by atoms with van der Waals surface area (Å²) in [5.74, 6) is -0.514. The van der Waals surface area contributed by atoms with Gasteiger partial charge in [0, 0.05) is 11.3 Å². The number of halogens is 1. The second-order valence-electron chi connectivity index (χ2n) is 5.78. The number of nitrogens with zero attached hydrogens (tertiary/aromatic N) is 1. The van der Waals surface area contributed by atoms with Gasteiger partial charge in [0.2, 0.25) is 0 Å². The first kappa shape index (κ1) is 19.0. The molecule has 27 heavy (non-hydrogen) atoms. The van der Waals surface area contributed by atoms with Crippen LogP contribution < -0.4 is 4.72 Å². The highest BCUT2D eigenvalue weighted by atomic mass is 32.2. The van der Waals surface area contributed by atoms with Gasteiger partial charge in [0.1, 0.15) is 11.9 Å². The van der Waals surface area contributed by atoms with Gasteiger partial charge in [0.25, 0.3) is 10.0 Å². The zero-order chi connectivity index (χ0) is 19.4. The van der Waals surface area contributed by atoms with Crippen molar-refractivity contribution in [3.05, 3.63) is 78.2 Å². The molecule has 0 amide bonds. The molecule has 3 aromatic rings. The molecule has 3 N–H and O–H groups in total. The lowest BCUT2D eigenvalue weighted by atomic mass is 10.1. The molecule has 0 aliphatic rings. The van der Waals surface area contributed by atoms with Crippen LogP contribution in [0.1, 0.15) is 11.8 Å². The lowest BCUT2D eigenvalue weighted by Gasteiger charge is -2.10. The summed E-state index contributed by atoms with van der Waals surface area (Å²) in [6.45, 7) is -0.430. The Labute approximate surface area is 156 Å². The molecule has 1 heterocycles. The molecule has 140 valence electrons. The summed E-state index contributed by atoms with van der Waals surface area (Å²) in [5.41, 5.74) is 1.98. The molecule has 2 aromatic carbocycles. The summed E-state index contributed by atoms with van der Waals surface area (Å²) in [7, 11) is -3.82. The van der Waals surface area contributed by atoms with E-state index < -0.39 is 28.6 Å². The SMILES string of the molecule is O=S(=O)(Nc1ccc(-c2cccc([C@H](O)CO)n2)cc1)c1ccc(F)cc1. The molecule has 0 spiro atoms. The summed E-state index contributed by atoms with van der Waals surface area (Å²) in [5, 5.41) is 18.7. The normalized spacial score (nSPS) is 12.6. The molecule has 6 nitrogen and oxygen atoms in total. The second-order valence-corrected chi connectivity index (χ2v) is 7.47. The molecular weight excluding hydrogens is 371 g/mol. The van der Waals surface area contributed by atoms with Gasteiger partial charge in [-0.15, -0.1) is 0 Å². The maximum atomic E-state index is 13.0. The Morgan fingerprint density at radius 3 is 2.30 bits per heavy atom. The summed E-state index contributed by atoms with van der Waals surface area (Å²) < 4.78 is 40.0. The van der Waals surface area contributed by atoms with Crippen LogP contribution in [0.25, 0.3) is 11.3 Å². The third-order valence-corrected chi connectivity index (χ3v) is 5.24. The average molecular weight is 388 g/mol. The number of aromatic nitrogens is 1. The number of hydrogen-bond acceptors (Lipinski definition) is 5. The lowest BCUT2D eigenvalue weighted by molar-refractivity contribution is 0.0923. The molecule has 0 fully saturated rings. The molecule has 0 saturated carbocycles. The van der Waals surface area contributed by atoms with Crippen LogP contribution in [-0.2, 0) is 10.0 Å². The number of aliphatic hydroxyl groups is 2. The zero-order valence-corrected chi connectivity index (χ0v) is 14.9. The number of sulfonamides is 1. The van der Waals surface area contributed by atoms with E-state index >= 15 is 0 Å². The lowest BCUT2D eigenvalue weighted by Crippen LogP contribution is -2.12. The molecule has 0 aliphatic carbocycles. The Bertz CT molecular complexity index is 1020. The Balaban J connectivity index is 1.80. The Morgan fingerprint density at radius 1 is 1.00 bits per heavy atom. The zero-order valence-electron chi connectivity index (χ0n) is 14.1. The van der Waals surface area contributed by atoms with Crippen LogP contribution in [0.2, 0.25) is 0 Å². The van der Waals surface area contributed by atoms with Gasteiger partial charge in [-0.25, -0.2) is 17.8 Å². The van der Waals surface area contributed by atoms with Crippen LogP contribution >= 0.6 is 0 Å². The van der Waals surface area contributed by atoms with Crippen molar-refractivity contribution in [1.82, 2.24) is 4.98 Å². The van der Waals surface area contributed by atoms with Gasteiger partial charge in [-0.3, -0.25) is 4.72 Å². The third-order valence-electron chi connectivity index (χ3n) is 3.84. The van der Waals surface area contributed by atoms with Crippen molar-refractivity contribution in [3.8, 4) is 11.3 Å². The van der Waals surface area contributed by atoms with E-state index in [-0.39, 0.29) is 4.90 Å². The van der Waals surface area contributed by atoms with Crippen molar-refractivity contribution >= 4 is 15.7 Å². The maximum Gasteiger partial charge on any atom is 0.261 e. The van der Waals surface area contributed by atoms with Gasteiger partial charge in [0.05, 0.1) is 22.9 Å². The van der Waals surface area contributed by atoms with Crippen LogP contribution in [0.3, 0.4) is 0 Å². The molecule has 0 bridgehead atoms. The summed E-state index contributed by atoms with van der Waals surface area (Å²) in [6, 6.07) is 16.1. The minimum Gasteiger partial charge on any atom is -0.393 e. The smallest absolute Gasteiger partial charge is 0.261 e. The average Bonchev–Trinajstić information content (AvgIpc) is 2.68. The van der Waals surface area contributed by atoms with Gasteiger partial charge in [-0.05, 0) is 48.5 Å². The summed E-state index contributed by atoms with van der Waals surface area (Å²) in [4.78, 5) is 4.25. The predicted molar refractivity (Wildman–Crippen MR) is 98.9 cm³/mol. The Hall–Kier alpha value is -2.81. The molecule has 0 aliphatic heterocycles. The highest BCUT2D eigenvalue weighted by Gasteiger charge is 2.14. The fraction of sp³-hybridized carbons (Fsp3) is 0.105. The van der Waals surface area contributed by atoms with E-state index in [1.165, 1.54) is 12.1 Å². The van der Waals surface area contributed by atoms with Gasteiger partial charge in [-0.1, -0.05) is 18.2 Å². The number of nitrogens with one attached hydrogen (secondary N) is 1. The first-order valence-corrected chi connectivity index (χ1v) is 9.52. The molecular formula is C19H17FN2O4S. The van der Waals surface area contributed by atoms with E-state index in [1.807, 2.05) is 0 Å². The fourth-order valence-corrected chi connectivity index (χ4v) is 3.49. The van der Waals surface area contributed by atoms with Crippen molar-refractivity contribution in [2.75, 3.05) is 11.3 Å². The first-order valence-electron chi connectivity index (χ1n) is 8.04. The molecule has 0 saturated heterocycles. The predicted octanol–water partition coefficient (Wildman–Crippen LogP) is 2.71.